The summed E-state index contributed by atoms with van der Waals surface area (Å²) >= 11 is 3.11. The van der Waals surface area contributed by atoms with Crippen molar-refractivity contribution >= 4 is 22.7 Å². The fourth-order valence-electron chi connectivity index (χ4n) is 2.96. The van der Waals surface area contributed by atoms with E-state index in [9.17, 15) is 9.50 Å². The summed E-state index contributed by atoms with van der Waals surface area (Å²) in [5.74, 6) is 0.991. The largest absolute Gasteiger partial charge is 0.508 e. The highest BCUT2D eigenvalue weighted by Gasteiger charge is 2.12. The normalized spacial score (nSPS) is 11.1. The molecule has 0 aliphatic carbocycles. The molecular formula is C24H23FN2O4S2. The summed E-state index contributed by atoms with van der Waals surface area (Å²) in [5, 5.41) is 15.2. The number of phenols is 1. The molecule has 0 saturated heterocycles. The van der Waals surface area contributed by atoms with Crippen LogP contribution in [0.2, 0.25) is 0 Å². The van der Waals surface area contributed by atoms with Gasteiger partial charge in [0, 0.05) is 21.9 Å². The van der Waals surface area contributed by atoms with Crippen LogP contribution in [0.3, 0.4) is 0 Å². The van der Waals surface area contributed by atoms with Crippen molar-refractivity contribution < 1.29 is 23.7 Å². The van der Waals surface area contributed by atoms with Gasteiger partial charge in [-0.3, -0.25) is 0 Å². The molecule has 0 aliphatic heterocycles. The molecule has 4 aromatic rings. The van der Waals surface area contributed by atoms with Crippen LogP contribution in [-0.2, 0) is 9.47 Å². The Labute approximate surface area is 199 Å². The molecule has 4 rings (SSSR count). The Kier molecular flexibility index (Phi) is 8.37. The maximum atomic E-state index is 11.9. The van der Waals surface area contributed by atoms with E-state index in [1.54, 1.807) is 34.8 Å². The fourth-order valence-corrected chi connectivity index (χ4v) is 4.67. The Morgan fingerprint density at radius 2 is 1.21 bits per heavy atom. The van der Waals surface area contributed by atoms with E-state index in [1.807, 2.05) is 47.2 Å². The molecule has 0 radical (unpaired) electrons. The van der Waals surface area contributed by atoms with Gasteiger partial charge >= 0.3 is 0 Å². The second-order valence-corrected chi connectivity index (χ2v) is 8.63. The molecule has 0 amide bonds. The first-order valence-electron chi connectivity index (χ1n) is 10.4. The summed E-state index contributed by atoms with van der Waals surface area (Å²) in [6, 6.07) is 14.8. The predicted molar refractivity (Wildman–Crippen MR) is 129 cm³/mol. The summed E-state index contributed by atoms with van der Waals surface area (Å²) in [4.78, 5) is 9.45. The lowest BCUT2D eigenvalue weighted by Gasteiger charge is -2.08. The number of alkyl halides is 1. The van der Waals surface area contributed by atoms with E-state index in [2.05, 4.69) is 0 Å². The number of rotatable bonds is 12. The van der Waals surface area contributed by atoms with Crippen molar-refractivity contribution in [2.45, 2.75) is 0 Å². The number of thiazole rings is 2. The van der Waals surface area contributed by atoms with E-state index in [1.165, 1.54) is 0 Å². The van der Waals surface area contributed by atoms with Crippen LogP contribution in [0, 0.1) is 0 Å². The minimum atomic E-state index is -0.478. The third kappa shape index (κ3) is 6.58. The van der Waals surface area contributed by atoms with Gasteiger partial charge in [0.05, 0.1) is 37.8 Å². The molecule has 2 heterocycles. The van der Waals surface area contributed by atoms with Gasteiger partial charge in [-0.2, -0.15) is 0 Å². The lowest BCUT2D eigenvalue weighted by Crippen LogP contribution is -2.11. The average molecular weight is 487 g/mol. The smallest absolute Gasteiger partial charge is 0.152 e. The molecule has 0 fully saturated rings. The lowest BCUT2D eigenvalue weighted by atomic mass is 10.2. The van der Waals surface area contributed by atoms with Crippen LogP contribution in [-0.4, -0.2) is 54.8 Å². The molecule has 2 aromatic heterocycles. The first kappa shape index (κ1) is 23.3. The number of phenolic OH excluding ortho intramolecular Hbond substituents is 1. The van der Waals surface area contributed by atoms with Crippen LogP contribution in [0.5, 0.6) is 11.5 Å². The molecule has 1 N–H and O–H groups in total. The molecule has 0 saturated carbocycles. The second-order valence-electron chi connectivity index (χ2n) is 6.91. The SMILES string of the molecule is Oc1ccc(-c2csc(-c3nc(-c4ccc(OCCOCCOCCF)cc4)cs3)n2)cc1. The molecule has 0 spiro atoms. The first-order chi connectivity index (χ1) is 16.2. The van der Waals surface area contributed by atoms with E-state index in [0.717, 1.165) is 38.3 Å². The second kappa shape index (κ2) is 11.9. The van der Waals surface area contributed by atoms with Gasteiger partial charge in [-0.05, 0) is 48.5 Å². The van der Waals surface area contributed by atoms with Crippen molar-refractivity contribution in [3.05, 3.63) is 59.3 Å². The molecule has 0 bridgehead atoms. The van der Waals surface area contributed by atoms with Gasteiger partial charge in [-0.25, -0.2) is 14.4 Å². The molecular weight excluding hydrogens is 463 g/mol. The maximum Gasteiger partial charge on any atom is 0.152 e. The summed E-state index contributed by atoms with van der Waals surface area (Å²) in [6.07, 6.45) is 0. The highest BCUT2D eigenvalue weighted by Crippen LogP contribution is 2.34. The fraction of sp³-hybridized carbons (Fsp3) is 0.250. The number of halogens is 1. The van der Waals surface area contributed by atoms with Gasteiger partial charge in [0.15, 0.2) is 10.0 Å². The number of ether oxygens (including phenoxy) is 3. The lowest BCUT2D eigenvalue weighted by molar-refractivity contribution is 0.0325. The Bertz CT molecular complexity index is 1130. The van der Waals surface area contributed by atoms with Gasteiger partial charge < -0.3 is 19.3 Å². The van der Waals surface area contributed by atoms with Crippen LogP contribution in [0.4, 0.5) is 4.39 Å². The molecule has 9 heteroatoms. The summed E-state index contributed by atoms with van der Waals surface area (Å²) in [5.41, 5.74) is 3.71. The molecule has 6 nitrogen and oxygen atoms in total. The van der Waals surface area contributed by atoms with Gasteiger partial charge in [0.2, 0.25) is 0 Å². The van der Waals surface area contributed by atoms with E-state index in [-0.39, 0.29) is 12.4 Å². The highest BCUT2D eigenvalue weighted by molar-refractivity contribution is 7.20. The van der Waals surface area contributed by atoms with Gasteiger partial charge in [-0.15, -0.1) is 22.7 Å². The maximum absolute atomic E-state index is 11.9. The summed E-state index contributed by atoms with van der Waals surface area (Å²) < 4.78 is 28.0. The zero-order valence-electron chi connectivity index (χ0n) is 17.8. The van der Waals surface area contributed by atoms with Crippen LogP contribution in [0.15, 0.2) is 59.3 Å². The molecule has 0 aliphatic rings. The number of aromatic nitrogens is 2. The third-order valence-corrected chi connectivity index (χ3v) is 6.42. The van der Waals surface area contributed by atoms with Crippen molar-refractivity contribution in [3.63, 3.8) is 0 Å². The van der Waals surface area contributed by atoms with Gasteiger partial charge in [0.1, 0.15) is 24.8 Å². The van der Waals surface area contributed by atoms with Crippen LogP contribution in [0.25, 0.3) is 32.5 Å². The Morgan fingerprint density at radius 1 is 0.697 bits per heavy atom. The van der Waals surface area contributed by atoms with Crippen LogP contribution < -0.4 is 4.74 Å². The predicted octanol–water partition coefficient (Wildman–Crippen LogP) is 5.69. The Hall–Kier alpha value is -2.85. The van der Waals surface area contributed by atoms with E-state index >= 15 is 0 Å². The number of nitrogens with zero attached hydrogens (tertiary/aromatic N) is 2. The number of hydrogen-bond donors (Lipinski definition) is 1. The standard InChI is InChI=1S/C24H23FN2O4S2/c25-9-10-29-11-12-30-13-14-31-20-7-3-18(4-8-20)22-16-33-24(27-22)23-26-21(15-32-23)17-1-5-19(28)6-2-17/h1-8,15-16,28H,9-14H2. The van der Waals surface area contributed by atoms with Crippen molar-refractivity contribution in [2.75, 3.05) is 39.7 Å². The van der Waals surface area contributed by atoms with Crippen LogP contribution in [0.1, 0.15) is 0 Å². The van der Waals surface area contributed by atoms with Crippen molar-refractivity contribution in [2.24, 2.45) is 0 Å². The van der Waals surface area contributed by atoms with Crippen molar-refractivity contribution in [1.29, 1.82) is 0 Å². The quantitative estimate of drug-likeness (QED) is 0.260. The van der Waals surface area contributed by atoms with E-state index < -0.39 is 6.67 Å². The van der Waals surface area contributed by atoms with E-state index in [4.69, 9.17) is 24.2 Å². The molecule has 2 aromatic carbocycles. The molecule has 0 atom stereocenters. The zero-order chi connectivity index (χ0) is 22.9. The minimum Gasteiger partial charge on any atom is -0.508 e. The summed E-state index contributed by atoms with van der Waals surface area (Å²) in [7, 11) is 0. The Morgan fingerprint density at radius 3 is 1.79 bits per heavy atom. The Balaban J connectivity index is 1.29. The molecule has 33 heavy (non-hydrogen) atoms. The topological polar surface area (TPSA) is 73.7 Å². The number of benzene rings is 2. The summed E-state index contributed by atoms with van der Waals surface area (Å²) in [6.45, 7) is 1.30. The zero-order valence-corrected chi connectivity index (χ0v) is 19.4. The monoisotopic (exact) mass is 486 g/mol. The number of aromatic hydroxyl groups is 1. The molecule has 172 valence electrons. The highest BCUT2D eigenvalue weighted by atomic mass is 32.1. The van der Waals surface area contributed by atoms with Crippen LogP contribution >= 0.6 is 22.7 Å². The van der Waals surface area contributed by atoms with Crippen molar-refractivity contribution in [1.82, 2.24) is 9.97 Å². The number of hydrogen-bond acceptors (Lipinski definition) is 8. The third-order valence-electron chi connectivity index (χ3n) is 4.59. The minimum absolute atomic E-state index is 0.109. The first-order valence-corrected chi connectivity index (χ1v) is 12.1. The van der Waals surface area contributed by atoms with Crippen molar-refractivity contribution in [3.8, 4) is 44.0 Å². The van der Waals surface area contributed by atoms with E-state index in [0.29, 0.717) is 26.4 Å². The van der Waals surface area contributed by atoms with Gasteiger partial charge in [0.25, 0.3) is 0 Å². The average Bonchev–Trinajstić information content (AvgIpc) is 3.52. The van der Waals surface area contributed by atoms with Gasteiger partial charge in [-0.1, -0.05) is 0 Å². The molecule has 0 unspecified atom stereocenters.